The minimum Gasteiger partial charge on any atom is -0.478 e. The van der Waals surface area contributed by atoms with Crippen molar-refractivity contribution in [3.05, 3.63) is 29.3 Å². The van der Waals surface area contributed by atoms with Gasteiger partial charge in [-0.25, -0.2) is 4.79 Å². The zero-order valence-corrected chi connectivity index (χ0v) is 12.0. The van der Waals surface area contributed by atoms with Crippen molar-refractivity contribution in [1.82, 2.24) is 4.31 Å². The van der Waals surface area contributed by atoms with Crippen LogP contribution in [0.2, 0.25) is 0 Å². The second-order valence-corrected chi connectivity index (χ2v) is 5.70. The number of carboxylic acid groups (broad SMARTS) is 1. The molecular weight excluding hydrogens is 268 g/mol. The molecule has 0 amide bonds. The molecule has 7 heteroatoms. The summed E-state index contributed by atoms with van der Waals surface area (Å²) < 4.78 is 27.8. The number of aromatic carboxylic acids is 1. The molecule has 0 saturated carbocycles. The summed E-state index contributed by atoms with van der Waals surface area (Å²) in [5, 5.41) is 8.91. The first kappa shape index (κ1) is 15.5. The van der Waals surface area contributed by atoms with E-state index in [1.165, 1.54) is 16.4 Å². The second-order valence-electron chi connectivity index (χ2n) is 4.03. The number of anilines is 1. The highest BCUT2D eigenvalue weighted by Gasteiger charge is 2.19. The van der Waals surface area contributed by atoms with Crippen LogP contribution in [0, 0.1) is 6.92 Å². The molecule has 2 N–H and O–H groups in total. The van der Waals surface area contributed by atoms with Crippen LogP contribution in [0.3, 0.4) is 0 Å². The number of hydrogen-bond acceptors (Lipinski definition) is 3. The summed E-state index contributed by atoms with van der Waals surface area (Å²) in [5.41, 5.74) is 0.996. The zero-order valence-electron chi connectivity index (χ0n) is 11.2. The van der Waals surface area contributed by atoms with Crippen molar-refractivity contribution in [3.63, 3.8) is 0 Å². The molecule has 0 aliphatic heterocycles. The Hall–Kier alpha value is -1.60. The number of hydrogen-bond donors (Lipinski definition) is 2. The van der Waals surface area contributed by atoms with Crippen molar-refractivity contribution in [2.75, 3.05) is 17.8 Å². The van der Waals surface area contributed by atoms with Crippen molar-refractivity contribution >= 4 is 21.9 Å². The molecule has 0 aliphatic rings. The Labute approximate surface area is 113 Å². The number of benzene rings is 1. The normalized spacial score (nSPS) is 11.6. The summed E-state index contributed by atoms with van der Waals surface area (Å²) in [6, 6.07) is 4.33. The Morgan fingerprint density at radius 1 is 1.32 bits per heavy atom. The van der Waals surface area contributed by atoms with Gasteiger partial charge in [-0.05, 0) is 24.6 Å². The maximum Gasteiger partial charge on any atom is 0.335 e. The van der Waals surface area contributed by atoms with Crippen LogP contribution >= 0.6 is 0 Å². The van der Waals surface area contributed by atoms with Crippen LogP contribution in [0.15, 0.2) is 18.2 Å². The summed E-state index contributed by atoms with van der Waals surface area (Å²) in [7, 11) is -3.65. The van der Waals surface area contributed by atoms with Crippen molar-refractivity contribution < 1.29 is 18.3 Å². The molecule has 0 saturated heterocycles. The first-order valence-electron chi connectivity index (χ1n) is 5.93. The zero-order chi connectivity index (χ0) is 14.6. The Bertz CT molecular complexity index is 565. The molecule has 0 spiro atoms. The highest BCUT2D eigenvalue weighted by Crippen LogP contribution is 2.19. The maximum absolute atomic E-state index is 12.1. The maximum atomic E-state index is 12.1. The van der Waals surface area contributed by atoms with Crippen LogP contribution in [0.4, 0.5) is 5.69 Å². The molecule has 19 heavy (non-hydrogen) atoms. The average Bonchev–Trinajstić information content (AvgIpc) is 2.32. The van der Waals surface area contributed by atoms with E-state index in [1.807, 2.05) is 0 Å². The molecular formula is C12H18N2O4S. The molecule has 0 aromatic heterocycles. The molecule has 106 valence electrons. The van der Waals surface area contributed by atoms with Gasteiger partial charge >= 0.3 is 16.2 Å². The lowest BCUT2D eigenvalue weighted by Gasteiger charge is -2.20. The summed E-state index contributed by atoms with van der Waals surface area (Å²) in [4.78, 5) is 10.9. The quantitative estimate of drug-likeness (QED) is 0.833. The van der Waals surface area contributed by atoms with Gasteiger partial charge in [-0.2, -0.15) is 12.7 Å². The van der Waals surface area contributed by atoms with E-state index in [0.717, 1.165) is 0 Å². The van der Waals surface area contributed by atoms with Crippen LogP contribution in [0.5, 0.6) is 0 Å². The molecule has 0 heterocycles. The van der Waals surface area contributed by atoms with Gasteiger partial charge in [-0.1, -0.05) is 19.9 Å². The van der Waals surface area contributed by atoms with E-state index in [1.54, 1.807) is 26.8 Å². The Morgan fingerprint density at radius 3 is 2.37 bits per heavy atom. The van der Waals surface area contributed by atoms with Gasteiger partial charge < -0.3 is 5.11 Å². The highest BCUT2D eigenvalue weighted by atomic mass is 32.2. The number of aryl methyl sites for hydroxylation is 1. The fourth-order valence-corrected chi connectivity index (χ4v) is 2.94. The predicted octanol–water partition coefficient (Wildman–Crippen LogP) is 1.69. The van der Waals surface area contributed by atoms with E-state index in [4.69, 9.17) is 5.11 Å². The lowest BCUT2D eigenvalue weighted by Crippen LogP contribution is -2.35. The van der Waals surface area contributed by atoms with Gasteiger partial charge in [0.15, 0.2) is 0 Å². The summed E-state index contributed by atoms with van der Waals surface area (Å²) in [6.07, 6.45) is 0. The number of nitrogens with zero attached hydrogens (tertiary/aromatic N) is 1. The molecule has 0 fully saturated rings. The van der Waals surface area contributed by atoms with Crippen LogP contribution in [-0.4, -0.2) is 36.9 Å². The first-order chi connectivity index (χ1) is 8.81. The topological polar surface area (TPSA) is 86.7 Å². The smallest absolute Gasteiger partial charge is 0.335 e. The van der Waals surface area contributed by atoms with E-state index in [9.17, 15) is 13.2 Å². The van der Waals surface area contributed by atoms with Crippen molar-refractivity contribution in [1.29, 1.82) is 0 Å². The Balaban J connectivity index is 3.11. The molecule has 6 nitrogen and oxygen atoms in total. The number of rotatable bonds is 6. The molecule has 0 unspecified atom stereocenters. The molecule has 1 aromatic carbocycles. The number of carboxylic acids is 1. The highest BCUT2D eigenvalue weighted by molar-refractivity contribution is 7.90. The summed E-state index contributed by atoms with van der Waals surface area (Å²) in [6.45, 7) is 5.89. The lowest BCUT2D eigenvalue weighted by atomic mass is 10.1. The van der Waals surface area contributed by atoms with E-state index in [-0.39, 0.29) is 11.3 Å². The molecule has 0 bridgehead atoms. The largest absolute Gasteiger partial charge is 0.478 e. The molecule has 1 rings (SSSR count). The van der Waals surface area contributed by atoms with Crippen molar-refractivity contribution in [3.8, 4) is 0 Å². The van der Waals surface area contributed by atoms with Gasteiger partial charge in [0.05, 0.1) is 11.3 Å². The van der Waals surface area contributed by atoms with Gasteiger partial charge in [0, 0.05) is 13.1 Å². The molecule has 1 aromatic rings. The molecule has 0 aliphatic carbocycles. The van der Waals surface area contributed by atoms with Crippen LogP contribution < -0.4 is 4.72 Å². The van der Waals surface area contributed by atoms with Crippen LogP contribution in [-0.2, 0) is 10.2 Å². The summed E-state index contributed by atoms with van der Waals surface area (Å²) in [5.74, 6) is -1.09. The Morgan fingerprint density at radius 2 is 1.89 bits per heavy atom. The van der Waals surface area contributed by atoms with Crippen LogP contribution in [0.25, 0.3) is 0 Å². The first-order valence-corrected chi connectivity index (χ1v) is 7.37. The fourth-order valence-electron chi connectivity index (χ4n) is 1.63. The van der Waals surface area contributed by atoms with Gasteiger partial charge in [0.25, 0.3) is 0 Å². The lowest BCUT2D eigenvalue weighted by molar-refractivity contribution is 0.0697. The van der Waals surface area contributed by atoms with Crippen LogP contribution in [0.1, 0.15) is 29.8 Å². The minimum absolute atomic E-state index is 0.0443. The monoisotopic (exact) mass is 286 g/mol. The third-order valence-corrected chi connectivity index (χ3v) is 4.44. The van der Waals surface area contributed by atoms with E-state index < -0.39 is 16.2 Å². The average molecular weight is 286 g/mol. The third kappa shape index (κ3) is 3.68. The number of nitrogens with one attached hydrogen (secondary N) is 1. The third-order valence-electron chi connectivity index (χ3n) is 2.77. The van der Waals surface area contributed by atoms with Gasteiger partial charge in [-0.3, -0.25) is 4.72 Å². The minimum atomic E-state index is -3.65. The van der Waals surface area contributed by atoms with Crippen molar-refractivity contribution in [2.45, 2.75) is 20.8 Å². The number of carbonyl (C=O) groups is 1. The molecule has 0 radical (unpaired) electrons. The van der Waals surface area contributed by atoms with Gasteiger partial charge in [0.1, 0.15) is 0 Å². The summed E-state index contributed by atoms with van der Waals surface area (Å²) >= 11 is 0. The van der Waals surface area contributed by atoms with Gasteiger partial charge in [-0.15, -0.1) is 0 Å². The molecule has 0 atom stereocenters. The predicted molar refractivity (Wildman–Crippen MR) is 73.6 cm³/mol. The fraction of sp³-hybridized carbons (Fsp3) is 0.417. The van der Waals surface area contributed by atoms with Gasteiger partial charge in [0.2, 0.25) is 0 Å². The van der Waals surface area contributed by atoms with E-state index in [2.05, 4.69) is 4.72 Å². The standard InChI is InChI=1S/C12H18N2O4S/c1-4-14(5-2)19(17,18)13-11-8-10(12(15)16)7-6-9(11)3/h6-8,13H,4-5H2,1-3H3,(H,15,16). The SMILES string of the molecule is CCN(CC)S(=O)(=O)Nc1cc(C(=O)O)ccc1C. The van der Waals surface area contributed by atoms with E-state index in [0.29, 0.717) is 18.7 Å². The Kier molecular flexibility index (Phi) is 4.90. The van der Waals surface area contributed by atoms with E-state index >= 15 is 0 Å². The second kappa shape index (κ2) is 6.03. The van der Waals surface area contributed by atoms with Crippen molar-refractivity contribution in [2.24, 2.45) is 0 Å².